The minimum atomic E-state index is -1.08. The Balaban J connectivity index is 1.78. The molecule has 3 rings (SSSR count). The van der Waals surface area contributed by atoms with Crippen LogP contribution in [0, 0.1) is 0 Å². The van der Waals surface area contributed by atoms with Crippen molar-refractivity contribution in [2.75, 3.05) is 18.5 Å². The van der Waals surface area contributed by atoms with Crippen LogP contribution in [0.5, 0.6) is 0 Å². The zero-order chi connectivity index (χ0) is 14.7. The predicted molar refractivity (Wildman–Crippen MR) is 86.8 cm³/mol. The fourth-order valence-corrected chi connectivity index (χ4v) is 5.23. The van der Waals surface area contributed by atoms with Gasteiger partial charge >= 0.3 is 0 Å². The van der Waals surface area contributed by atoms with E-state index < -0.39 is 10.8 Å². The summed E-state index contributed by atoms with van der Waals surface area (Å²) in [5, 5.41) is 0.651. The van der Waals surface area contributed by atoms with Crippen LogP contribution in [0.3, 0.4) is 0 Å². The highest BCUT2D eigenvalue weighted by Crippen LogP contribution is 2.40. The van der Waals surface area contributed by atoms with Crippen molar-refractivity contribution in [3.63, 3.8) is 0 Å². The Bertz CT molecular complexity index is 538. The van der Waals surface area contributed by atoms with Gasteiger partial charge in [-0.1, -0.05) is 39.7 Å². The van der Waals surface area contributed by atoms with Crippen LogP contribution in [-0.4, -0.2) is 28.5 Å². The third kappa shape index (κ3) is 3.31. The minimum Gasteiger partial charge on any atom is -0.348 e. The number of alkyl halides is 1. The Kier molecular flexibility index (Phi) is 4.94. The van der Waals surface area contributed by atoms with Gasteiger partial charge in [-0.05, 0) is 25.0 Å². The first kappa shape index (κ1) is 15.4. The van der Waals surface area contributed by atoms with Crippen molar-refractivity contribution in [3.05, 3.63) is 40.8 Å². The largest absolute Gasteiger partial charge is 0.348 e. The van der Waals surface area contributed by atoms with Crippen molar-refractivity contribution in [3.8, 4) is 0 Å². The molecular weight excluding hydrogens is 352 g/mol. The van der Waals surface area contributed by atoms with Gasteiger partial charge in [0.2, 0.25) is 0 Å². The van der Waals surface area contributed by atoms with Gasteiger partial charge in [0.25, 0.3) is 0 Å². The molecule has 0 amide bonds. The van der Waals surface area contributed by atoms with Crippen molar-refractivity contribution in [2.24, 2.45) is 0 Å². The average Bonchev–Trinajstić information content (AvgIpc) is 2.99. The predicted octanol–water partition coefficient (Wildman–Crippen LogP) is 3.76. The van der Waals surface area contributed by atoms with Crippen molar-refractivity contribution >= 4 is 26.7 Å². The first-order valence-corrected chi connectivity index (χ1v) is 9.53. The summed E-state index contributed by atoms with van der Waals surface area (Å²) in [5.41, 5.74) is 1.29. The van der Waals surface area contributed by atoms with Crippen molar-refractivity contribution < 1.29 is 13.7 Å². The van der Waals surface area contributed by atoms with Crippen LogP contribution in [0.2, 0.25) is 0 Å². The normalized spacial score (nSPS) is 22.4. The molecule has 1 unspecified atom stereocenters. The van der Waals surface area contributed by atoms with E-state index in [1.54, 1.807) is 0 Å². The van der Waals surface area contributed by atoms with Crippen LogP contribution in [0.4, 0.5) is 0 Å². The molecule has 1 aliphatic carbocycles. The molecule has 21 heavy (non-hydrogen) atoms. The summed E-state index contributed by atoms with van der Waals surface area (Å²) >= 11 is 3.51. The zero-order valence-corrected chi connectivity index (χ0v) is 14.2. The topological polar surface area (TPSA) is 35.5 Å². The van der Waals surface area contributed by atoms with Crippen molar-refractivity contribution in [2.45, 2.75) is 36.4 Å². The van der Waals surface area contributed by atoms with Gasteiger partial charge in [0.15, 0.2) is 5.79 Å². The summed E-state index contributed by atoms with van der Waals surface area (Å²) in [6, 6.07) is 9.65. The molecule has 1 saturated carbocycles. The second-order valence-electron chi connectivity index (χ2n) is 5.35. The van der Waals surface area contributed by atoms with E-state index in [0.717, 1.165) is 35.5 Å². The Labute approximate surface area is 136 Å². The van der Waals surface area contributed by atoms with Crippen LogP contribution in [0.1, 0.15) is 25.7 Å². The highest BCUT2D eigenvalue weighted by Gasteiger charge is 2.39. The van der Waals surface area contributed by atoms with Crippen molar-refractivity contribution in [1.29, 1.82) is 0 Å². The fourth-order valence-electron chi connectivity index (χ4n) is 2.96. The lowest BCUT2D eigenvalue weighted by Crippen LogP contribution is -2.33. The van der Waals surface area contributed by atoms with Crippen LogP contribution >= 0.6 is 15.9 Å². The van der Waals surface area contributed by atoms with Crippen molar-refractivity contribution in [1.82, 2.24) is 0 Å². The van der Waals surface area contributed by atoms with E-state index in [2.05, 4.69) is 15.9 Å². The lowest BCUT2D eigenvalue weighted by molar-refractivity contribution is -0.171. The monoisotopic (exact) mass is 370 g/mol. The van der Waals surface area contributed by atoms with E-state index in [1.807, 2.05) is 30.3 Å². The molecule has 2 fully saturated rings. The first-order valence-electron chi connectivity index (χ1n) is 7.26. The zero-order valence-electron chi connectivity index (χ0n) is 11.8. The summed E-state index contributed by atoms with van der Waals surface area (Å²) in [4.78, 5) is 1.88. The summed E-state index contributed by atoms with van der Waals surface area (Å²) < 4.78 is 24.3. The number of allylic oxidation sites excluding steroid dienone is 2. The summed E-state index contributed by atoms with van der Waals surface area (Å²) in [5.74, 6) is -0.366. The van der Waals surface area contributed by atoms with E-state index in [1.165, 1.54) is 5.57 Å². The molecule has 1 heterocycles. The molecule has 5 heteroatoms. The lowest BCUT2D eigenvalue weighted by Gasteiger charge is -2.33. The SMILES string of the molecule is O=S(C(CBr)=C1CCC2(CC1)OCCO2)c1ccccc1. The van der Waals surface area contributed by atoms with Gasteiger partial charge in [-0.15, -0.1) is 0 Å². The number of hydrogen-bond donors (Lipinski definition) is 0. The molecule has 1 aromatic rings. The van der Waals surface area contributed by atoms with Gasteiger partial charge in [0.1, 0.15) is 0 Å². The Morgan fingerprint density at radius 1 is 1.14 bits per heavy atom. The Hall–Kier alpha value is -0.490. The molecule has 1 saturated heterocycles. The molecule has 3 nitrogen and oxygen atoms in total. The van der Waals surface area contributed by atoms with Crippen LogP contribution < -0.4 is 0 Å². The van der Waals surface area contributed by atoms with Gasteiger partial charge < -0.3 is 9.47 Å². The van der Waals surface area contributed by atoms with E-state index in [0.29, 0.717) is 18.5 Å². The number of rotatable bonds is 3. The van der Waals surface area contributed by atoms with E-state index in [9.17, 15) is 4.21 Å². The highest BCUT2D eigenvalue weighted by atomic mass is 79.9. The minimum absolute atomic E-state index is 0.366. The van der Waals surface area contributed by atoms with E-state index in [-0.39, 0.29) is 5.79 Å². The Morgan fingerprint density at radius 2 is 1.76 bits per heavy atom. The molecule has 0 N–H and O–H groups in total. The van der Waals surface area contributed by atoms with E-state index in [4.69, 9.17) is 9.47 Å². The maximum Gasteiger partial charge on any atom is 0.169 e. The van der Waals surface area contributed by atoms with Crippen LogP contribution in [-0.2, 0) is 20.3 Å². The third-order valence-corrected chi connectivity index (χ3v) is 6.64. The molecule has 0 bridgehead atoms. The van der Waals surface area contributed by atoms with E-state index >= 15 is 0 Å². The van der Waals surface area contributed by atoms with Crippen LogP contribution in [0.15, 0.2) is 45.7 Å². The molecule has 0 radical (unpaired) electrons. The highest BCUT2D eigenvalue weighted by molar-refractivity contribution is 9.09. The molecule has 0 aromatic heterocycles. The average molecular weight is 371 g/mol. The Morgan fingerprint density at radius 3 is 2.33 bits per heavy atom. The second kappa shape index (κ2) is 6.73. The standard InChI is InChI=1S/C16H19BrO3S/c17-12-15(21(18)14-4-2-1-3-5-14)13-6-8-16(9-7-13)19-10-11-20-16/h1-5H,6-12H2. The summed E-state index contributed by atoms with van der Waals surface area (Å²) in [6.07, 6.45) is 3.54. The van der Waals surface area contributed by atoms with Gasteiger partial charge in [-0.2, -0.15) is 0 Å². The van der Waals surface area contributed by atoms with Crippen LogP contribution in [0.25, 0.3) is 0 Å². The van der Waals surface area contributed by atoms with Gasteiger partial charge in [-0.3, -0.25) is 0 Å². The smallest absolute Gasteiger partial charge is 0.169 e. The van der Waals surface area contributed by atoms with Gasteiger partial charge in [0, 0.05) is 28.0 Å². The first-order chi connectivity index (χ1) is 10.2. The number of benzene rings is 1. The number of halogens is 1. The molecule has 114 valence electrons. The maximum absolute atomic E-state index is 12.7. The molecule has 2 aliphatic rings. The summed E-state index contributed by atoms with van der Waals surface area (Å²) in [7, 11) is -1.08. The summed E-state index contributed by atoms with van der Waals surface area (Å²) in [6.45, 7) is 1.39. The number of ether oxygens (including phenoxy) is 2. The third-order valence-electron chi connectivity index (χ3n) is 4.13. The lowest BCUT2D eigenvalue weighted by atomic mass is 9.89. The molecule has 1 aromatic carbocycles. The van der Waals surface area contributed by atoms with Gasteiger partial charge in [-0.25, -0.2) is 4.21 Å². The molecule has 1 atom stereocenters. The maximum atomic E-state index is 12.7. The molecule has 1 aliphatic heterocycles. The number of hydrogen-bond acceptors (Lipinski definition) is 3. The quantitative estimate of drug-likeness (QED) is 0.759. The second-order valence-corrected chi connectivity index (χ2v) is 7.41. The fraction of sp³-hybridized carbons (Fsp3) is 0.500. The molecule has 1 spiro atoms. The molecular formula is C16H19BrO3S. The van der Waals surface area contributed by atoms with Gasteiger partial charge in [0.05, 0.1) is 24.0 Å².